The van der Waals surface area contributed by atoms with Gasteiger partial charge >= 0.3 is 11.9 Å². The first kappa shape index (κ1) is 20.2. The van der Waals surface area contributed by atoms with Crippen molar-refractivity contribution in [3.05, 3.63) is 30.3 Å². The third-order valence-electron chi connectivity index (χ3n) is 3.88. The van der Waals surface area contributed by atoms with Gasteiger partial charge in [-0.05, 0) is 31.4 Å². The van der Waals surface area contributed by atoms with Crippen LogP contribution in [0.1, 0.15) is 71.6 Å². The largest absolute Gasteiger partial charge is 0.454 e. The molecule has 134 valence electrons. The zero-order valence-electron chi connectivity index (χ0n) is 15.0. The van der Waals surface area contributed by atoms with Gasteiger partial charge in [-0.3, -0.25) is 0 Å². The Morgan fingerprint density at radius 3 is 2.17 bits per heavy atom. The maximum atomic E-state index is 11.9. The van der Waals surface area contributed by atoms with Crippen molar-refractivity contribution >= 4 is 11.9 Å². The van der Waals surface area contributed by atoms with Crippen molar-refractivity contribution in [1.29, 1.82) is 0 Å². The highest BCUT2D eigenvalue weighted by molar-refractivity contribution is 6.30. The van der Waals surface area contributed by atoms with Gasteiger partial charge in [-0.1, -0.05) is 70.6 Å². The second kappa shape index (κ2) is 12.6. The highest BCUT2D eigenvalue weighted by Gasteiger charge is 2.22. The maximum absolute atomic E-state index is 11.9. The highest BCUT2D eigenvalue weighted by atomic mass is 16.6. The smallest absolute Gasteiger partial charge is 0.422 e. The number of hydrogen-bond acceptors (Lipinski definition) is 4. The van der Waals surface area contributed by atoms with E-state index < -0.39 is 11.9 Å². The zero-order valence-corrected chi connectivity index (χ0v) is 15.0. The minimum Gasteiger partial charge on any atom is -0.454 e. The molecule has 1 unspecified atom stereocenters. The summed E-state index contributed by atoms with van der Waals surface area (Å²) >= 11 is 0. The van der Waals surface area contributed by atoms with Crippen LogP contribution >= 0.6 is 0 Å². The average Bonchev–Trinajstić information content (AvgIpc) is 2.58. The summed E-state index contributed by atoms with van der Waals surface area (Å²) in [6.45, 7) is 4.25. The van der Waals surface area contributed by atoms with Crippen molar-refractivity contribution in [1.82, 2.24) is 0 Å². The highest BCUT2D eigenvalue weighted by Crippen LogP contribution is 2.15. The summed E-state index contributed by atoms with van der Waals surface area (Å²) in [6.07, 6.45) is 9.47. The molecule has 0 aliphatic rings. The molecule has 1 aromatic carbocycles. The molecule has 0 aromatic heterocycles. The number of ether oxygens (including phenoxy) is 2. The minimum atomic E-state index is -0.953. The third kappa shape index (κ3) is 8.70. The lowest BCUT2D eigenvalue weighted by Crippen LogP contribution is -2.28. The fourth-order valence-electron chi connectivity index (χ4n) is 2.57. The van der Waals surface area contributed by atoms with E-state index in [1.807, 2.05) is 13.0 Å². The van der Waals surface area contributed by atoms with Gasteiger partial charge in [0.15, 0.2) is 0 Å². The number of rotatable bonds is 11. The summed E-state index contributed by atoms with van der Waals surface area (Å²) in [5.74, 6) is -1.50. The molecular formula is C20H30O4. The van der Waals surface area contributed by atoms with E-state index >= 15 is 0 Å². The zero-order chi connectivity index (χ0) is 17.6. The monoisotopic (exact) mass is 334 g/mol. The van der Waals surface area contributed by atoms with Gasteiger partial charge in [-0.25, -0.2) is 9.59 Å². The van der Waals surface area contributed by atoms with Crippen molar-refractivity contribution in [3.8, 4) is 5.75 Å². The Hall–Kier alpha value is -1.84. The molecule has 0 N–H and O–H groups in total. The molecule has 4 heteroatoms. The predicted molar refractivity (Wildman–Crippen MR) is 94.9 cm³/mol. The van der Waals surface area contributed by atoms with Gasteiger partial charge in [-0.2, -0.15) is 0 Å². The molecule has 1 aromatic rings. The number of para-hydroxylation sites is 1. The van der Waals surface area contributed by atoms with Gasteiger partial charge in [0.25, 0.3) is 0 Å². The molecule has 0 fully saturated rings. The Balaban J connectivity index is 2.34. The molecule has 0 heterocycles. The fraction of sp³-hybridized carbons (Fsp3) is 0.600. The topological polar surface area (TPSA) is 52.6 Å². The quantitative estimate of drug-likeness (QED) is 0.246. The van der Waals surface area contributed by atoms with E-state index in [2.05, 4.69) is 6.92 Å². The standard InChI is InChI=1S/C20H30O4/c1-3-5-6-7-8-10-14-17(13-4-2)23-19(21)20(22)24-18-15-11-9-12-16-18/h9,11-12,15-17H,3-8,10,13-14H2,1-2H3. The molecule has 0 aliphatic carbocycles. The molecule has 1 rings (SSSR count). The molecule has 0 saturated heterocycles. The van der Waals surface area contributed by atoms with E-state index in [1.165, 1.54) is 25.7 Å². The lowest BCUT2D eigenvalue weighted by Gasteiger charge is -2.16. The summed E-state index contributed by atoms with van der Waals surface area (Å²) < 4.78 is 10.4. The van der Waals surface area contributed by atoms with Crippen molar-refractivity contribution in [2.24, 2.45) is 0 Å². The van der Waals surface area contributed by atoms with Crippen molar-refractivity contribution in [2.45, 2.75) is 77.7 Å². The molecule has 0 saturated carbocycles. The van der Waals surface area contributed by atoms with E-state index in [0.29, 0.717) is 5.75 Å². The first-order valence-electron chi connectivity index (χ1n) is 9.15. The van der Waals surface area contributed by atoms with E-state index in [1.54, 1.807) is 24.3 Å². The van der Waals surface area contributed by atoms with Gasteiger partial charge in [0.1, 0.15) is 11.9 Å². The van der Waals surface area contributed by atoms with Crippen LogP contribution in [0.25, 0.3) is 0 Å². The number of benzene rings is 1. The lowest BCUT2D eigenvalue weighted by molar-refractivity contribution is -0.166. The number of carbonyl (C=O) groups excluding carboxylic acids is 2. The molecule has 1 atom stereocenters. The fourth-order valence-corrected chi connectivity index (χ4v) is 2.57. The van der Waals surface area contributed by atoms with Crippen molar-refractivity contribution in [2.75, 3.05) is 0 Å². The Labute approximate surface area is 145 Å². The second-order valence-corrected chi connectivity index (χ2v) is 6.08. The van der Waals surface area contributed by atoms with Crippen LogP contribution in [-0.4, -0.2) is 18.0 Å². The van der Waals surface area contributed by atoms with E-state index in [-0.39, 0.29) is 6.10 Å². The Kier molecular flexibility index (Phi) is 10.6. The number of unbranched alkanes of at least 4 members (excludes halogenated alkanes) is 5. The normalized spacial score (nSPS) is 11.8. The molecule has 0 spiro atoms. The van der Waals surface area contributed by atoms with Crippen LogP contribution in [0.3, 0.4) is 0 Å². The van der Waals surface area contributed by atoms with Crippen LogP contribution in [0.5, 0.6) is 5.75 Å². The number of hydrogen-bond donors (Lipinski definition) is 0. The third-order valence-corrected chi connectivity index (χ3v) is 3.88. The summed E-state index contributed by atoms with van der Waals surface area (Å²) in [5.41, 5.74) is 0. The summed E-state index contributed by atoms with van der Waals surface area (Å²) in [4.78, 5) is 23.7. The molecule has 0 radical (unpaired) electrons. The second-order valence-electron chi connectivity index (χ2n) is 6.08. The van der Waals surface area contributed by atoms with Gasteiger partial charge < -0.3 is 9.47 Å². The van der Waals surface area contributed by atoms with Gasteiger partial charge in [0, 0.05) is 0 Å². The molecular weight excluding hydrogens is 304 g/mol. The molecule has 24 heavy (non-hydrogen) atoms. The van der Waals surface area contributed by atoms with E-state index in [0.717, 1.165) is 32.1 Å². The predicted octanol–water partition coefficient (Wildman–Crippen LogP) is 5.05. The van der Waals surface area contributed by atoms with Gasteiger partial charge in [0.05, 0.1) is 0 Å². The maximum Gasteiger partial charge on any atom is 0.422 e. The Morgan fingerprint density at radius 2 is 1.50 bits per heavy atom. The molecule has 4 nitrogen and oxygen atoms in total. The van der Waals surface area contributed by atoms with Crippen LogP contribution in [0.4, 0.5) is 0 Å². The van der Waals surface area contributed by atoms with E-state index in [4.69, 9.17) is 9.47 Å². The number of esters is 2. The average molecular weight is 334 g/mol. The summed E-state index contributed by atoms with van der Waals surface area (Å²) in [5, 5.41) is 0. The van der Waals surface area contributed by atoms with Crippen LogP contribution < -0.4 is 4.74 Å². The summed E-state index contributed by atoms with van der Waals surface area (Å²) in [7, 11) is 0. The first-order valence-corrected chi connectivity index (χ1v) is 9.15. The van der Waals surface area contributed by atoms with E-state index in [9.17, 15) is 9.59 Å². The molecule has 0 amide bonds. The molecule has 0 bridgehead atoms. The van der Waals surface area contributed by atoms with Crippen LogP contribution in [0.2, 0.25) is 0 Å². The van der Waals surface area contributed by atoms with Gasteiger partial charge in [-0.15, -0.1) is 0 Å². The molecule has 0 aliphatic heterocycles. The lowest BCUT2D eigenvalue weighted by atomic mass is 10.0. The number of carbonyl (C=O) groups is 2. The Morgan fingerprint density at radius 1 is 0.833 bits per heavy atom. The summed E-state index contributed by atoms with van der Waals surface area (Å²) in [6, 6.07) is 8.56. The van der Waals surface area contributed by atoms with Crippen LogP contribution in [0, 0.1) is 0 Å². The van der Waals surface area contributed by atoms with Crippen LogP contribution in [0.15, 0.2) is 30.3 Å². The van der Waals surface area contributed by atoms with Crippen molar-refractivity contribution in [3.63, 3.8) is 0 Å². The van der Waals surface area contributed by atoms with Crippen LogP contribution in [-0.2, 0) is 14.3 Å². The Bertz CT molecular complexity index is 470. The van der Waals surface area contributed by atoms with Crippen molar-refractivity contribution < 1.29 is 19.1 Å². The first-order chi connectivity index (χ1) is 11.7. The van der Waals surface area contributed by atoms with Gasteiger partial charge in [0.2, 0.25) is 0 Å². The SMILES string of the molecule is CCCCCCCCC(CCC)OC(=O)C(=O)Oc1ccccc1. The minimum absolute atomic E-state index is 0.197.